The van der Waals surface area contributed by atoms with Gasteiger partial charge in [0.2, 0.25) is 17.7 Å². The lowest BCUT2D eigenvalue weighted by Gasteiger charge is -2.31. The third-order valence-corrected chi connectivity index (χ3v) is 6.77. The molecule has 1 saturated heterocycles. The Hall–Kier alpha value is -2.95. The summed E-state index contributed by atoms with van der Waals surface area (Å²) in [6.45, 7) is 7.84. The Balaban J connectivity index is 2.23. The number of carbonyl (C=O) groups is 4. The van der Waals surface area contributed by atoms with Crippen LogP contribution in [0, 0.1) is 11.8 Å². The Morgan fingerprint density at radius 2 is 1.85 bits per heavy atom. The first-order chi connectivity index (χ1) is 16.1. The zero-order valence-corrected chi connectivity index (χ0v) is 20.4. The van der Waals surface area contributed by atoms with E-state index in [2.05, 4.69) is 20.6 Å². The third kappa shape index (κ3) is 6.78. The number of aromatic nitrogens is 2. The highest BCUT2D eigenvalue weighted by Crippen LogP contribution is 2.21. The number of rotatable bonds is 12. The number of nitrogens with two attached hydrogens (primary N) is 1. The molecule has 2 heterocycles. The molecular formula is C23H38N6O5. The molecule has 34 heavy (non-hydrogen) atoms. The zero-order chi connectivity index (χ0) is 25.4. The molecule has 11 heteroatoms. The van der Waals surface area contributed by atoms with E-state index in [1.54, 1.807) is 6.20 Å². The molecule has 3 amide bonds. The van der Waals surface area contributed by atoms with Crippen LogP contribution >= 0.6 is 0 Å². The Morgan fingerprint density at radius 1 is 1.18 bits per heavy atom. The molecule has 6 atom stereocenters. The second-order valence-corrected chi connectivity index (χ2v) is 9.15. The van der Waals surface area contributed by atoms with Gasteiger partial charge in [-0.25, -0.2) is 9.78 Å². The quantitative estimate of drug-likeness (QED) is 0.290. The SMILES string of the molecule is CCC(C)C(N)C(=O)NC(Cc1cnc[nH]1)C(=O)NC(C(=O)N1CCCC1C(=O)O)C(C)CC. The van der Waals surface area contributed by atoms with Crippen molar-refractivity contribution < 1.29 is 24.3 Å². The maximum absolute atomic E-state index is 13.3. The van der Waals surface area contributed by atoms with E-state index in [-0.39, 0.29) is 18.3 Å². The summed E-state index contributed by atoms with van der Waals surface area (Å²) in [5.41, 5.74) is 6.69. The van der Waals surface area contributed by atoms with Gasteiger partial charge < -0.3 is 31.4 Å². The molecule has 0 bridgehead atoms. The van der Waals surface area contributed by atoms with Crippen LogP contribution < -0.4 is 16.4 Å². The highest BCUT2D eigenvalue weighted by molar-refractivity contribution is 5.94. The number of H-pyrrole nitrogens is 1. The smallest absolute Gasteiger partial charge is 0.326 e. The number of hydrogen-bond donors (Lipinski definition) is 5. The monoisotopic (exact) mass is 478 g/mol. The van der Waals surface area contributed by atoms with Gasteiger partial charge in [0.05, 0.1) is 12.4 Å². The van der Waals surface area contributed by atoms with Gasteiger partial charge in [0, 0.05) is 24.9 Å². The van der Waals surface area contributed by atoms with Crippen molar-refractivity contribution in [3.63, 3.8) is 0 Å². The maximum Gasteiger partial charge on any atom is 0.326 e. The molecule has 0 saturated carbocycles. The molecule has 6 N–H and O–H groups in total. The summed E-state index contributed by atoms with van der Waals surface area (Å²) in [6.07, 6.45) is 5.44. The average molecular weight is 479 g/mol. The topological polar surface area (TPSA) is 171 Å². The van der Waals surface area contributed by atoms with Crippen molar-refractivity contribution in [2.24, 2.45) is 17.6 Å². The van der Waals surface area contributed by atoms with Crippen LogP contribution in [0.25, 0.3) is 0 Å². The highest BCUT2D eigenvalue weighted by Gasteiger charge is 2.40. The number of aliphatic carboxylic acids is 1. The summed E-state index contributed by atoms with van der Waals surface area (Å²) in [7, 11) is 0. The van der Waals surface area contributed by atoms with Crippen molar-refractivity contribution >= 4 is 23.7 Å². The summed E-state index contributed by atoms with van der Waals surface area (Å²) in [4.78, 5) is 59.2. The predicted molar refractivity (Wildman–Crippen MR) is 125 cm³/mol. The molecule has 1 fully saturated rings. The Kier molecular flexibility index (Phi) is 10.0. The lowest BCUT2D eigenvalue weighted by atomic mass is 9.96. The van der Waals surface area contributed by atoms with Crippen LogP contribution in [0.4, 0.5) is 0 Å². The number of nitrogens with one attached hydrogen (secondary N) is 3. The normalized spacial score (nSPS) is 20.1. The van der Waals surface area contributed by atoms with Crippen LogP contribution in [0.5, 0.6) is 0 Å². The van der Waals surface area contributed by atoms with Crippen molar-refractivity contribution in [2.75, 3.05) is 6.54 Å². The van der Waals surface area contributed by atoms with Crippen molar-refractivity contribution in [1.29, 1.82) is 0 Å². The fraction of sp³-hybridized carbons (Fsp3) is 0.696. The average Bonchev–Trinajstić information content (AvgIpc) is 3.52. The first-order valence-electron chi connectivity index (χ1n) is 12.0. The van der Waals surface area contributed by atoms with Gasteiger partial charge in [0.25, 0.3) is 0 Å². The maximum atomic E-state index is 13.3. The van der Waals surface area contributed by atoms with E-state index in [1.807, 2.05) is 27.7 Å². The first-order valence-corrected chi connectivity index (χ1v) is 12.0. The van der Waals surface area contributed by atoms with Crippen LogP contribution in [0.2, 0.25) is 0 Å². The number of likely N-dealkylation sites (tertiary alicyclic amines) is 1. The Morgan fingerprint density at radius 3 is 2.41 bits per heavy atom. The second-order valence-electron chi connectivity index (χ2n) is 9.15. The van der Waals surface area contributed by atoms with E-state index in [9.17, 15) is 24.3 Å². The molecule has 6 unspecified atom stereocenters. The molecule has 0 aromatic carbocycles. The molecule has 190 valence electrons. The largest absolute Gasteiger partial charge is 0.480 e. The van der Waals surface area contributed by atoms with Crippen molar-refractivity contribution in [1.82, 2.24) is 25.5 Å². The molecule has 1 aromatic rings. The predicted octanol–water partition coefficient (Wildman–Crippen LogP) is 0.417. The number of carbonyl (C=O) groups excluding carboxylic acids is 3. The fourth-order valence-electron chi connectivity index (χ4n) is 4.01. The number of amides is 3. The number of hydrogen-bond acceptors (Lipinski definition) is 6. The van der Waals surface area contributed by atoms with E-state index in [0.29, 0.717) is 37.9 Å². The minimum absolute atomic E-state index is 0.0755. The van der Waals surface area contributed by atoms with Gasteiger partial charge >= 0.3 is 5.97 Å². The van der Waals surface area contributed by atoms with Crippen LogP contribution in [0.3, 0.4) is 0 Å². The van der Waals surface area contributed by atoms with E-state index >= 15 is 0 Å². The van der Waals surface area contributed by atoms with Crippen molar-refractivity contribution in [3.05, 3.63) is 18.2 Å². The van der Waals surface area contributed by atoms with Gasteiger partial charge in [-0.1, -0.05) is 40.5 Å². The Labute approximate surface area is 200 Å². The van der Waals surface area contributed by atoms with Crippen LogP contribution in [-0.2, 0) is 25.6 Å². The lowest BCUT2D eigenvalue weighted by molar-refractivity contribution is -0.150. The van der Waals surface area contributed by atoms with Crippen LogP contribution in [0.15, 0.2) is 12.5 Å². The molecule has 2 rings (SSSR count). The summed E-state index contributed by atoms with van der Waals surface area (Å²) in [6, 6.07) is -3.59. The standard InChI is InChI=1S/C23H38N6O5/c1-5-13(3)18(24)21(31)27-16(10-15-11-25-12-26-15)20(30)28-19(14(4)6-2)22(32)29-9-7-8-17(29)23(33)34/h11-14,16-19H,5-10,24H2,1-4H3,(H,25,26)(H,27,31)(H,28,30)(H,33,34). The number of carboxylic acids is 1. The van der Waals surface area contributed by atoms with Gasteiger partial charge in [-0.3, -0.25) is 14.4 Å². The fourth-order valence-corrected chi connectivity index (χ4v) is 4.01. The van der Waals surface area contributed by atoms with E-state index in [0.717, 1.165) is 0 Å². The molecule has 1 aliphatic rings. The third-order valence-electron chi connectivity index (χ3n) is 6.77. The van der Waals surface area contributed by atoms with Gasteiger partial charge in [-0.15, -0.1) is 0 Å². The molecule has 0 radical (unpaired) electrons. The summed E-state index contributed by atoms with van der Waals surface area (Å²) < 4.78 is 0. The van der Waals surface area contributed by atoms with Crippen LogP contribution in [0.1, 0.15) is 59.1 Å². The van der Waals surface area contributed by atoms with Gasteiger partial charge in [0.1, 0.15) is 18.1 Å². The molecular weight excluding hydrogens is 440 g/mol. The summed E-state index contributed by atoms with van der Waals surface area (Å²) >= 11 is 0. The molecule has 0 spiro atoms. The minimum Gasteiger partial charge on any atom is -0.480 e. The van der Waals surface area contributed by atoms with E-state index in [4.69, 9.17) is 5.73 Å². The number of aromatic amines is 1. The first kappa shape index (κ1) is 27.3. The number of carboxylic acid groups (broad SMARTS) is 1. The van der Waals surface area contributed by atoms with Crippen molar-refractivity contribution in [2.45, 2.75) is 84.0 Å². The second kappa shape index (κ2) is 12.5. The van der Waals surface area contributed by atoms with Gasteiger partial charge in [-0.2, -0.15) is 0 Å². The van der Waals surface area contributed by atoms with Gasteiger partial charge in [-0.05, 0) is 24.7 Å². The molecule has 1 aliphatic heterocycles. The number of imidazole rings is 1. The molecule has 11 nitrogen and oxygen atoms in total. The van der Waals surface area contributed by atoms with E-state index < -0.39 is 47.9 Å². The van der Waals surface area contributed by atoms with E-state index in [1.165, 1.54) is 11.2 Å². The highest BCUT2D eigenvalue weighted by atomic mass is 16.4. The van der Waals surface area contributed by atoms with Crippen LogP contribution in [-0.4, -0.2) is 74.4 Å². The Bertz CT molecular complexity index is 845. The molecule has 1 aromatic heterocycles. The van der Waals surface area contributed by atoms with Gasteiger partial charge in [0.15, 0.2) is 0 Å². The summed E-state index contributed by atoms with van der Waals surface area (Å²) in [5, 5.41) is 15.0. The summed E-state index contributed by atoms with van der Waals surface area (Å²) in [5.74, 6) is -2.78. The molecule has 0 aliphatic carbocycles. The number of nitrogens with zero attached hydrogens (tertiary/aromatic N) is 2. The van der Waals surface area contributed by atoms with Crippen molar-refractivity contribution in [3.8, 4) is 0 Å². The minimum atomic E-state index is -1.05. The zero-order valence-electron chi connectivity index (χ0n) is 20.4. The lowest BCUT2D eigenvalue weighted by Crippen LogP contribution is -2.59.